The third kappa shape index (κ3) is 2.22. The number of aromatic nitrogens is 2. The van der Waals surface area contributed by atoms with E-state index in [-0.39, 0.29) is 12.3 Å². The van der Waals surface area contributed by atoms with E-state index in [0.29, 0.717) is 42.1 Å². The number of guanidine groups is 1. The van der Waals surface area contributed by atoms with Gasteiger partial charge in [-0.2, -0.15) is 0 Å². The van der Waals surface area contributed by atoms with Gasteiger partial charge in [0.15, 0.2) is 0 Å². The molecule has 1 atom stereocenters. The van der Waals surface area contributed by atoms with Crippen molar-refractivity contribution in [2.24, 2.45) is 4.99 Å². The van der Waals surface area contributed by atoms with Crippen LogP contribution >= 0.6 is 15.9 Å². The summed E-state index contributed by atoms with van der Waals surface area (Å²) in [7, 11) is 0. The molecule has 1 unspecified atom stereocenters. The second-order valence-corrected chi connectivity index (χ2v) is 6.56. The van der Waals surface area contributed by atoms with E-state index in [4.69, 9.17) is 0 Å². The van der Waals surface area contributed by atoms with Crippen molar-refractivity contribution in [3.8, 4) is 0 Å². The highest BCUT2D eigenvalue weighted by molar-refractivity contribution is 9.15. The maximum absolute atomic E-state index is 12.2. The van der Waals surface area contributed by atoms with Crippen LogP contribution in [0.1, 0.15) is 24.2 Å². The smallest absolute Gasteiger partial charge is 0.327 e. The van der Waals surface area contributed by atoms with Crippen molar-refractivity contribution in [2.45, 2.75) is 25.3 Å². The monoisotopic (exact) mass is 391 g/mol. The fourth-order valence-electron chi connectivity index (χ4n) is 3.33. The van der Waals surface area contributed by atoms with E-state index in [1.165, 1.54) is 0 Å². The number of amides is 1. The molecule has 1 aromatic rings. The molecule has 1 N–H and O–H groups in total. The largest absolute Gasteiger partial charge is 0.480 e. The van der Waals surface area contributed by atoms with Crippen LogP contribution in [0.3, 0.4) is 0 Å². The second kappa shape index (κ2) is 5.66. The number of carbonyl (C=O) groups is 2. The molecule has 8 nitrogen and oxygen atoms in total. The molecule has 2 aliphatic heterocycles. The van der Waals surface area contributed by atoms with Crippen LogP contribution in [0.15, 0.2) is 23.1 Å². The van der Waals surface area contributed by atoms with E-state index in [2.05, 4.69) is 30.9 Å². The molecule has 0 spiro atoms. The van der Waals surface area contributed by atoms with E-state index in [1.54, 1.807) is 22.2 Å². The minimum atomic E-state index is -1.03. The molecule has 9 heteroatoms. The summed E-state index contributed by atoms with van der Waals surface area (Å²) in [6.07, 6.45) is 4.46. The number of halogens is 1. The molecule has 0 bridgehead atoms. The molecule has 1 aromatic heterocycles. The Morgan fingerprint density at radius 1 is 1.29 bits per heavy atom. The van der Waals surface area contributed by atoms with Crippen LogP contribution in [0.4, 0.5) is 0 Å². The Balaban J connectivity index is 1.84. The molecule has 4 rings (SSSR count). The summed E-state index contributed by atoms with van der Waals surface area (Å²) < 4.78 is 0.715. The number of carbonyl (C=O) groups excluding carboxylic acids is 1. The molecular formula is C15H14BrN5O3. The van der Waals surface area contributed by atoms with Gasteiger partial charge in [-0.25, -0.2) is 4.79 Å². The number of aryl methyl sites for hydroxylation is 1. The van der Waals surface area contributed by atoms with Crippen LogP contribution in [0, 0.1) is 0 Å². The van der Waals surface area contributed by atoms with Crippen LogP contribution in [-0.2, 0) is 16.0 Å². The Labute approximate surface area is 146 Å². The predicted octanol–water partition coefficient (Wildman–Crippen LogP) is 0.843. The number of hydrogen-bond acceptors (Lipinski definition) is 6. The van der Waals surface area contributed by atoms with E-state index in [1.807, 2.05) is 0 Å². The molecule has 24 heavy (non-hydrogen) atoms. The van der Waals surface area contributed by atoms with Crippen molar-refractivity contribution in [1.29, 1.82) is 0 Å². The van der Waals surface area contributed by atoms with Crippen molar-refractivity contribution in [3.63, 3.8) is 0 Å². The first-order valence-electron chi connectivity index (χ1n) is 7.63. The molecule has 3 aliphatic rings. The SMILES string of the molecule is O=C(O)C1CC(=O)N2CCN=C2N1C1=C(Br)c2nccnc2CC1. The lowest BCUT2D eigenvalue weighted by molar-refractivity contribution is -0.146. The Morgan fingerprint density at radius 3 is 2.88 bits per heavy atom. The lowest BCUT2D eigenvalue weighted by Crippen LogP contribution is -2.58. The number of allylic oxidation sites excluding steroid dienone is 1. The molecule has 3 heterocycles. The van der Waals surface area contributed by atoms with Crippen molar-refractivity contribution >= 4 is 38.2 Å². The Bertz CT molecular complexity index is 806. The lowest BCUT2D eigenvalue weighted by atomic mass is 10.00. The molecule has 0 aromatic carbocycles. The van der Waals surface area contributed by atoms with E-state index in [0.717, 1.165) is 11.4 Å². The minimum absolute atomic E-state index is 0.0640. The number of rotatable bonds is 2. The highest BCUT2D eigenvalue weighted by atomic mass is 79.9. The molecule has 1 aliphatic carbocycles. The first-order valence-corrected chi connectivity index (χ1v) is 8.43. The highest BCUT2D eigenvalue weighted by Crippen LogP contribution is 2.38. The summed E-state index contributed by atoms with van der Waals surface area (Å²) >= 11 is 3.56. The van der Waals surface area contributed by atoms with Gasteiger partial charge in [0.05, 0.1) is 23.1 Å². The van der Waals surface area contributed by atoms with Gasteiger partial charge in [-0.15, -0.1) is 0 Å². The van der Waals surface area contributed by atoms with Gasteiger partial charge in [0.1, 0.15) is 11.7 Å². The average molecular weight is 392 g/mol. The third-order valence-electron chi connectivity index (χ3n) is 4.42. The van der Waals surface area contributed by atoms with Gasteiger partial charge in [0, 0.05) is 24.6 Å². The third-order valence-corrected chi connectivity index (χ3v) is 5.26. The minimum Gasteiger partial charge on any atom is -0.480 e. The Morgan fingerprint density at radius 2 is 2.08 bits per heavy atom. The first-order chi connectivity index (χ1) is 11.6. The van der Waals surface area contributed by atoms with Gasteiger partial charge in [0.25, 0.3) is 0 Å². The first kappa shape index (κ1) is 15.3. The molecule has 1 fully saturated rings. The summed E-state index contributed by atoms with van der Waals surface area (Å²) in [4.78, 5) is 40.3. The topological polar surface area (TPSA) is 99.0 Å². The number of hydrogen-bond donors (Lipinski definition) is 1. The molecular weight excluding hydrogens is 378 g/mol. The van der Waals surface area contributed by atoms with Gasteiger partial charge >= 0.3 is 5.97 Å². The van der Waals surface area contributed by atoms with E-state index >= 15 is 0 Å². The summed E-state index contributed by atoms with van der Waals surface area (Å²) in [6, 6.07) is -0.952. The lowest BCUT2D eigenvalue weighted by Gasteiger charge is -2.41. The van der Waals surface area contributed by atoms with Gasteiger partial charge in [-0.3, -0.25) is 29.6 Å². The Kier molecular flexibility index (Phi) is 3.60. The molecule has 1 saturated heterocycles. The normalized spacial score (nSPS) is 23.1. The average Bonchev–Trinajstić information content (AvgIpc) is 3.06. The second-order valence-electron chi connectivity index (χ2n) is 5.77. The summed E-state index contributed by atoms with van der Waals surface area (Å²) in [5, 5.41) is 9.63. The van der Waals surface area contributed by atoms with Gasteiger partial charge in [-0.05, 0) is 28.8 Å². The predicted molar refractivity (Wildman–Crippen MR) is 88.1 cm³/mol. The van der Waals surface area contributed by atoms with E-state index in [9.17, 15) is 14.7 Å². The summed E-state index contributed by atoms with van der Waals surface area (Å²) in [6.45, 7) is 0.990. The summed E-state index contributed by atoms with van der Waals surface area (Å²) in [5.41, 5.74) is 2.37. The number of nitrogens with zero attached hydrogens (tertiary/aromatic N) is 5. The quantitative estimate of drug-likeness (QED) is 0.801. The van der Waals surface area contributed by atoms with Crippen molar-refractivity contribution in [3.05, 3.63) is 29.5 Å². The van der Waals surface area contributed by atoms with Gasteiger partial charge in [0.2, 0.25) is 11.9 Å². The molecule has 0 saturated carbocycles. The number of carboxylic acid groups (broad SMARTS) is 1. The number of fused-ring (bicyclic) bond motifs is 2. The standard InChI is InChI=1S/C15H14BrN5O3/c16-12-9(2-1-8-13(12)18-4-3-17-8)21-10(14(23)24)7-11(22)20-6-5-19-15(20)21/h3-4,10H,1-2,5-7H2,(H,23,24). The maximum Gasteiger partial charge on any atom is 0.327 e. The van der Waals surface area contributed by atoms with Crippen LogP contribution in [0.2, 0.25) is 0 Å². The van der Waals surface area contributed by atoms with Crippen molar-refractivity contribution in [1.82, 2.24) is 19.8 Å². The zero-order valence-corrected chi connectivity index (χ0v) is 14.2. The number of aliphatic imine (C=N–C) groups is 1. The van der Waals surface area contributed by atoms with Crippen LogP contribution in [0.5, 0.6) is 0 Å². The van der Waals surface area contributed by atoms with Crippen LogP contribution < -0.4 is 0 Å². The maximum atomic E-state index is 12.2. The highest BCUT2D eigenvalue weighted by Gasteiger charge is 2.45. The van der Waals surface area contributed by atoms with Gasteiger partial charge in [-0.1, -0.05) is 0 Å². The summed E-state index contributed by atoms with van der Waals surface area (Å²) in [5.74, 6) is -0.795. The number of aliphatic carboxylic acids is 1. The number of carboxylic acids is 1. The zero-order chi connectivity index (χ0) is 16.8. The fourth-order valence-corrected chi connectivity index (χ4v) is 4.05. The van der Waals surface area contributed by atoms with Crippen molar-refractivity contribution in [2.75, 3.05) is 13.1 Å². The molecule has 124 valence electrons. The van der Waals surface area contributed by atoms with Crippen LogP contribution in [-0.4, -0.2) is 61.8 Å². The van der Waals surface area contributed by atoms with Crippen LogP contribution in [0.25, 0.3) is 4.48 Å². The van der Waals surface area contributed by atoms with E-state index < -0.39 is 12.0 Å². The zero-order valence-electron chi connectivity index (χ0n) is 12.6. The molecule has 1 amide bonds. The molecule has 0 radical (unpaired) electrons. The Hall–Kier alpha value is -2.29. The van der Waals surface area contributed by atoms with Crippen molar-refractivity contribution < 1.29 is 14.7 Å². The fraction of sp³-hybridized carbons (Fsp3) is 0.400. The van der Waals surface area contributed by atoms with Gasteiger partial charge < -0.3 is 5.11 Å².